The Kier molecular flexibility index (Phi) is 2.44. The summed E-state index contributed by atoms with van der Waals surface area (Å²) in [6, 6.07) is 0. The van der Waals surface area contributed by atoms with Gasteiger partial charge >= 0.3 is 6.16 Å². The molecule has 2 fully saturated rings. The lowest BCUT2D eigenvalue weighted by atomic mass is 9.70. The SMILES string of the molecule is COC(=O)OC1CC2(C)CCC(C)(C1)C2. The van der Waals surface area contributed by atoms with Crippen LogP contribution in [0.15, 0.2) is 0 Å². The maximum atomic E-state index is 11.1. The van der Waals surface area contributed by atoms with Crippen molar-refractivity contribution >= 4 is 6.16 Å². The van der Waals surface area contributed by atoms with Gasteiger partial charge in [-0.15, -0.1) is 0 Å². The van der Waals surface area contributed by atoms with Crippen LogP contribution in [0.1, 0.15) is 46.0 Å². The number of methoxy groups -OCH3 is 1. The van der Waals surface area contributed by atoms with Crippen molar-refractivity contribution in [1.82, 2.24) is 0 Å². The summed E-state index contributed by atoms with van der Waals surface area (Å²) in [5, 5.41) is 0. The molecule has 0 radical (unpaired) electrons. The van der Waals surface area contributed by atoms with Crippen molar-refractivity contribution in [3.8, 4) is 0 Å². The number of rotatable bonds is 1. The molecule has 0 aromatic heterocycles. The van der Waals surface area contributed by atoms with Gasteiger partial charge in [-0.3, -0.25) is 0 Å². The summed E-state index contributed by atoms with van der Waals surface area (Å²) in [7, 11) is 1.36. The zero-order valence-corrected chi connectivity index (χ0v) is 9.84. The summed E-state index contributed by atoms with van der Waals surface area (Å²) >= 11 is 0. The normalized spacial score (nSPS) is 43.8. The average molecular weight is 212 g/mol. The van der Waals surface area contributed by atoms with Gasteiger partial charge in [-0.25, -0.2) is 4.79 Å². The van der Waals surface area contributed by atoms with Crippen LogP contribution in [0.5, 0.6) is 0 Å². The van der Waals surface area contributed by atoms with E-state index in [2.05, 4.69) is 18.6 Å². The van der Waals surface area contributed by atoms with Crippen LogP contribution < -0.4 is 0 Å². The first-order valence-electron chi connectivity index (χ1n) is 5.69. The molecule has 0 amide bonds. The van der Waals surface area contributed by atoms with Crippen LogP contribution in [0.3, 0.4) is 0 Å². The topological polar surface area (TPSA) is 35.5 Å². The smallest absolute Gasteiger partial charge is 0.438 e. The van der Waals surface area contributed by atoms with E-state index in [-0.39, 0.29) is 6.10 Å². The van der Waals surface area contributed by atoms with Crippen molar-refractivity contribution < 1.29 is 14.3 Å². The molecule has 2 saturated carbocycles. The molecular weight excluding hydrogens is 192 g/mol. The Hall–Kier alpha value is -0.730. The van der Waals surface area contributed by atoms with E-state index in [1.807, 2.05) is 0 Å². The molecule has 2 aliphatic rings. The first kappa shape index (κ1) is 10.8. The van der Waals surface area contributed by atoms with Gasteiger partial charge in [0.25, 0.3) is 0 Å². The molecule has 15 heavy (non-hydrogen) atoms. The minimum atomic E-state index is -0.534. The van der Waals surface area contributed by atoms with E-state index in [4.69, 9.17) is 4.74 Å². The molecule has 0 aromatic rings. The molecule has 2 atom stereocenters. The fraction of sp³-hybridized carbons (Fsp3) is 0.917. The maximum Gasteiger partial charge on any atom is 0.508 e. The molecule has 2 unspecified atom stereocenters. The number of hydrogen-bond acceptors (Lipinski definition) is 3. The summed E-state index contributed by atoms with van der Waals surface area (Å²) in [6.45, 7) is 4.62. The molecule has 0 aromatic carbocycles. The predicted octanol–water partition coefficient (Wildman–Crippen LogP) is 3.13. The van der Waals surface area contributed by atoms with Crippen LogP contribution in [0.4, 0.5) is 4.79 Å². The Bertz CT molecular complexity index is 258. The van der Waals surface area contributed by atoms with Crippen LogP contribution in [0.2, 0.25) is 0 Å². The summed E-state index contributed by atoms with van der Waals surface area (Å²) in [5.74, 6) is 0. The predicted molar refractivity (Wildman–Crippen MR) is 56.6 cm³/mol. The van der Waals surface area contributed by atoms with Gasteiger partial charge in [-0.05, 0) is 42.9 Å². The van der Waals surface area contributed by atoms with E-state index < -0.39 is 6.16 Å². The van der Waals surface area contributed by atoms with E-state index in [0.29, 0.717) is 10.8 Å². The molecule has 2 bridgehead atoms. The molecule has 86 valence electrons. The van der Waals surface area contributed by atoms with Crippen molar-refractivity contribution in [3.63, 3.8) is 0 Å². The number of ether oxygens (including phenoxy) is 2. The number of carbonyl (C=O) groups excluding carboxylic acids is 1. The Morgan fingerprint density at radius 2 is 1.73 bits per heavy atom. The largest absolute Gasteiger partial charge is 0.508 e. The van der Waals surface area contributed by atoms with Crippen molar-refractivity contribution in [1.29, 1.82) is 0 Å². The van der Waals surface area contributed by atoms with Gasteiger partial charge in [-0.1, -0.05) is 13.8 Å². The van der Waals surface area contributed by atoms with Gasteiger partial charge in [0.1, 0.15) is 6.10 Å². The standard InChI is InChI=1S/C12H20O3/c1-11-4-5-12(2,8-11)7-9(6-11)15-10(13)14-3/h9H,4-8H2,1-3H3. The summed E-state index contributed by atoms with van der Waals surface area (Å²) in [4.78, 5) is 11.1. The van der Waals surface area contributed by atoms with Gasteiger partial charge in [0, 0.05) is 0 Å². The van der Waals surface area contributed by atoms with Crippen molar-refractivity contribution in [2.45, 2.75) is 52.1 Å². The summed E-state index contributed by atoms with van der Waals surface area (Å²) < 4.78 is 9.84. The molecular formula is C12H20O3. The quantitative estimate of drug-likeness (QED) is 0.626. The third-order valence-electron chi connectivity index (χ3n) is 4.06. The van der Waals surface area contributed by atoms with E-state index in [1.54, 1.807) is 0 Å². The van der Waals surface area contributed by atoms with E-state index >= 15 is 0 Å². The molecule has 0 saturated heterocycles. The molecule has 2 aliphatic carbocycles. The molecule has 0 aliphatic heterocycles. The summed E-state index contributed by atoms with van der Waals surface area (Å²) in [5.41, 5.74) is 0.761. The lowest BCUT2D eigenvalue weighted by Crippen LogP contribution is -2.35. The molecule has 3 heteroatoms. The highest BCUT2D eigenvalue weighted by atomic mass is 16.7. The highest BCUT2D eigenvalue weighted by molar-refractivity contribution is 5.59. The van der Waals surface area contributed by atoms with Gasteiger partial charge in [0.05, 0.1) is 7.11 Å². The van der Waals surface area contributed by atoms with Crippen LogP contribution >= 0.6 is 0 Å². The zero-order valence-electron chi connectivity index (χ0n) is 9.84. The van der Waals surface area contributed by atoms with Gasteiger partial charge in [0.15, 0.2) is 0 Å². The highest BCUT2D eigenvalue weighted by Gasteiger charge is 2.50. The van der Waals surface area contributed by atoms with Crippen molar-refractivity contribution in [2.24, 2.45) is 10.8 Å². The fourth-order valence-corrected chi connectivity index (χ4v) is 3.60. The average Bonchev–Trinajstić information content (AvgIpc) is 2.35. The van der Waals surface area contributed by atoms with Crippen LogP contribution in [0, 0.1) is 10.8 Å². The Morgan fingerprint density at radius 3 is 2.20 bits per heavy atom. The highest BCUT2D eigenvalue weighted by Crippen LogP contribution is 2.58. The molecule has 0 spiro atoms. The summed E-state index contributed by atoms with van der Waals surface area (Å²) in [6.07, 6.45) is 5.34. The van der Waals surface area contributed by atoms with Gasteiger partial charge < -0.3 is 9.47 Å². The lowest BCUT2D eigenvalue weighted by Gasteiger charge is -2.39. The monoisotopic (exact) mass is 212 g/mol. The van der Waals surface area contributed by atoms with E-state index in [1.165, 1.54) is 26.4 Å². The maximum absolute atomic E-state index is 11.1. The lowest BCUT2D eigenvalue weighted by molar-refractivity contribution is -0.0196. The number of carbonyl (C=O) groups is 1. The molecule has 3 nitrogen and oxygen atoms in total. The number of hydrogen-bond donors (Lipinski definition) is 0. The first-order chi connectivity index (χ1) is 6.95. The second-order valence-corrected chi connectivity index (χ2v) is 5.90. The molecule has 2 rings (SSSR count). The second kappa shape index (κ2) is 3.39. The van der Waals surface area contributed by atoms with E-state index in [0.717, 1.165) is 12.8 Å². The van der Waals surface area contributed by atoms with Crippen molar-refractivity contribution in [3.05, 3.63) is 0 Å². The van der Waals surface area contributed by atoms with Crippen LogP contribution in [-0.2, 0) is 9.47 Å². The second-order valence-electron chi connectivity index (χ2n) is 5.90. The van der Waals surface area contributed by atoms with Gasteiger partial charge in [-0.2, -0.15) is 0 Å². The third-order valence-corrected chi connectivity index (χ3v) is 4.06. The van der Waals surface area contributed by atoms with Crippen LogP contribution in [0.25, 0.3) is 0 Å². The van der Waals surface area contributed by atoms with Gasteiger partial charge in [0.2, 0.25) is 0 Å². The van der Waals surface area contributed by atoms with Crippen molar-refractivity contribution in [2.75, 3.05) is 7.11 Å². The molecule has 0 heterocycles. The third kappa shape index (κ3) is 2.11. The Balaban J connectivity index is 2.02. The Morgan fingerprint density at radius 1 is 1.20 bits per heavy atom. The zero-order chi connectivity index (χ0) is 11.1. The Labute approximate surface area is 91.1 Å². The molecule has 0 N–H and O–H groups in total. The van der Waals surface area contributed by atoms with E-state index in [9.17, 15) is 4.79 Å². The first-order valence-corrected chi connectivity index (χ1v) is 5.69. The minimum absolute atomic E-state index is 0.0590. The van der Waals surface area contributed by atoms with Crippen LogP contribution in [-0.4, -0.2) is 19.4 Å². The minimum Gasteiger partial charge on any atom is -0.438 e. The fourth-order valence-electron chi connectivity index (χ4n) is 3.60. The number of fused-ring (bicyclic) bond motifs is 2.